The minimum Gasteiger partial charge on any atom is -0.486 e. The van der Waals surface area contributed by atoms with Crippen LogP contribution in [-0.4, -0.2) is 24.1 Å². The zero-order chi connectivity index (χ0) is 18.2. The number of fused-ring (bicyclic) bond motifs is 1. The molecule has 2 aromatic carbocycles. The maximum atomic E-state index is 12.0. The van der Waals surface area contributed by atoms with Gasteiger partial charge in [-0.2, -0.15) is 0 Å². The molecule has 2 aliphatic rings. The number of anilines is 1. The number of rotatable bonds is 4. The van der Waals surface area contributed by atoms with Crippen molar-refractivity contribution in [2.45, 2.75) is 12.8 Å². The van der Waals surface area contributed by atoms with Crippen LogP contribution in [0, 0.1) is 5.92 Å². The summed E-state index contributed by atoms with van der Waals surface area (Å²) < 4.78 is 11.2. The highest BCUT2D eigenvalue weighted by Crippen LogP contribution is 2.36. The fraction of sp³-hybridized carbons (Fsp3) is 0.238. The number of thiazole rings is 1. The Balaban J connectivity index is 1.39. The standard InChI is InChI=1S/C21H18N2O3S/c24-20(13-4-5-13)22-16-3-1-2-15(10-16)21-23-17(12-27-21)14-6-7-18-19(11-14)26-9-8-25-18/h1-3,6-7,10-13H,4-5,8-9H2,(H,22,24). The number of nitrogens with zero attached hydrogens (tertiary/aromatic N) is 1. The number of ether oxygens (including phenoxy) is 2. The number of amides is 1. The molecular formula is C21H18N2O3S. The molecule has 5 nitrogen and oxygen atoms in total. The van der Waals surface area contributed by atoms with Gasteiger partial charge in [0.15, 0.2) is 11.5 Å². The van der Waals surface area contributed by atoms with Crippen LogP contribution in [0.15, 0.2) is 47.8 Å². The lowest BCUT2D eigenvalue weighted by Gasteiger charge is -2.18. The minimum absolute atomic E-state index is 0.114. The smallest absolute Gasteiger partial charge is 0.227 e. The van der Waals surface area contributed by atoms with Crippen molar-refractivity contribution in [2.75, 3.05) is 18.5 Å². The van der Waals surface area contributed by atoms with Crippen LogP contribution in [0.4, 0.5) is 5.69 Å². The summed E-state index contributed by atoms with van der Waals surface area (Å²) in [6.45, 7) is 1.15. The second-order valence-corrected chi connectivity index (χ2v) is 7.60. The summed E-state index contributed by atoms with van der Waals surface area (Å²) in [5.74, 6) is 1.84. The van der Waals surface area contributed by atoms with Gasteiger partial charge in [0.1, 0.15) is 18.2 Å². The molecule has 1 aromatic heterocycles. The molecule has 0 saturated heterocycles. The van der Waals surface area contributed by atoms with E-state index in [0.717, 1.165) is 51.9 Å². The lowest BCUT2D eigenvalue weighted by Crippen LogP contribution is -2.15. The van der Waals surface area contributed by atoms with Crippen LogP contribution in [0.2, 0.25) is 0 Å². The monoisotopic (exact) mass is 378 g/mol. The van der Waals surface area contributed by atoms with Crippen LogP contribution < -0.4 is 14.8 Å². The molecular weight excluding hydrogens is 360 g/mol. The largest absolute Gasteiger partial charge is 0.486 e. The summed E-state index contributed by atoms with van der Waals surface area (Å²) in [6.07, 6.45) is 1.99. The van der Waals surface area contributed by atoms with Crippen molar-refractivity contribution in [3.63, 3.8) is 0 Å². The van der Waals surface area contributed by atoms with Gasteiger partial charge in [-0.05, 0) is 43.2 Å². The molecule has 0 atom stereocenters. The second kappa shape index (κ2) is 6.70. The molecule has 1 N–H and O–H groups in total. The van der Waals surface area contributed by atoms with E-state index >= 15 is 0 Å². The number of aromatic nitrogens is 1. The van der Waals surface area contributed by atoms with Gasteiger partial charge in [0.25, 0.3) is 0 Å². The maximum absolute atomic E-state index is 12.0. The molecule has 0 unspecified atom stereocenters. The third kappa shape index (κ3) is 3.40. The van der Waals surface area contributed by atoms with Crippen LogP contribution in [0.3, 0.4) is 0 Å². The molecule has 6 heteroatoms. The van der Waals surface area contributed by atoms with Gasteiger partial charge in [0.05, 0.1) is 5.69 Å². The lowest BCUT2D eigenvalue weighted by molar-refractivity contribution is -0.117. The van der Waals surface area contributed by atoms with Crippen molar-refractivity contribution in [2.24, 2.45) is 5.92 Å². The van der Waals surface area contributed by atoms with Gasteiger partial charge < -0.3 is 14.8 Å². The van der Waals surface area contributed by atoms with E-state index in [1.807, 2.05) is 47.8 Å². The topological polar surface area (TPSA) is 60.5 Å². The van der Waals surface area contributed by atoms with Crippen molar-refractivity contribution in [1.29, 1.82) is 0 Å². The predicted molar refractivity (Wildman–Crippen MR) is 105 cm³/mol. The van der Waals surface area contributed by atoms with Crippen LogP contribution in [0.25, 0.3) is 21.8 Å². The van der Waals surface area contributed by atoms with Crippen LogP contribution >= 0.6 is 11.3 Å². The van der Waals surface area contributed by atoms with Gasteiger partial charge in [-0.25, -0.2) is 4.98 Å². The van der Waals surface area contributed by atoms with Crippen molar-refractivity contribution in [3.05, 3.63) is 47.8 Å². The first-order valence-corrected chi connectivity index (χ1v) is 9.91. The normalized spacial score (nSPS) is 15.4. The molecule has 0 spiro atoms. The Labute approximate surface area is 161 Å². The average molecular weight is 378 g/mol. The molecule has 2 heterocycles. The summed E-state index contributed by atoms with van der Waals surface area (Å²) in [5.41, 5.74) is 3.72. The number of hydrogen-bond donors (Lipinski definition) is 1. The van der Waals surface area contributed by atoms with Crippen molar-refractivity contribution < 1.29 is 14.3 Å². The highest BCUT2D eigenvalue weighted by atomic mass is 32.1. The molecule has 27 heavy (non-hydrogen) atoms. The van der Waals surface area contributed by atoms with Gasteiger partial charge in [0.2, 0.25) is 5.91 Å². The SMILES string of the molecule is O=C(Nc1cccc(-c2nc(-c3ccc4c(c3)OCCO4)cs2)c1)C1CC1. The Morgan fingerprint density at radius 1 is 1.04 bits per heavy atom. The van der Waals surface area contributed by atoms with Crippen molar-refractivity contribution >= 4 is 22.9 Å². The predicted octanol–water partition coefficient (Wildman–Crippen LogP) is 4.60. The van der Waals surface area contributed by atoms with Crippen LogP contribution in [0.5, 0.6) is 11.5 Å². The molecule has 5 rings (SSSR count). The van der Waals surface area contributed by atoms with Crippen LogP contribution in [-0.2, 0) is 4.79 Å². The summed E-state index contributed by atoms with van der Waals surface area (Å²) in [5, 5.41) is 5.95. The Hall–Kier alpha value is -2.86. The number of carbonyl (C=O) groups is 1. The van der Waals surface area contributed by atoms with E-state index < -0.39 is 0 Å². The zero-order valence-electron chi connectivity index (χ0n) is 14.6. The van der Waals surface area contributed by atoms with E-state index in [0.29, 0.717) is 13.2 Å². The summed E-state index contributed by atoms with van der Waals surface area (Å²) in [4.78, 5) is 16.8. The minimum atomic E-state index is 0.114. The number of nitrogens with one attached hydrogen (secondary N) is 1. The van der Waals surface area contributed by atoms with Gasteiger partial charge in [-0.3, -0.25) is 4.79 Å². The molecule has 0 radical (unpaired) electrons. The third-order valence-corrected chi connectivity index (χ3v) is 5.56. The van der Waals surface area contributed by atoms with E-state index in [9.17, 15) is 4.79 Å². The van der Waals surface area contributed by atoms with E-state index in [1.54, 1.807) is 11.3 Å². The molecule has 1 fully saturated rings. The van der Waals surface area contributed by atoms with E-state index in [2.05, 4.69) is 5.32 Å². The molecule has 1 aliphatic carbocycles. The van der Waals surface area contributed by atoms with E-state index in [1.165, 1.54) is 0 Å². The van der Waals surface area contributed by atoms with Crippen molar-refractivity contribution in [1.82, 2.24) is 4.98 Å². The molecule has 0 bridgehead atoms. The van der Waals surface area contributed by atoms with Gasteiger partial charge >= 0.3 is 0 Å². The summed E-state index contributed by atoms with van der Waals surface area (Å²) in [7, 11) is 0. The number of hydrogen-bond acceptors (Lipinski definition) is 5. The number of carbonyl (C=O) groups excluding carboxylic acids is 1. The Bertz CT molecular complexity index is 1010. The molecule has 1 saturated carbocycles. The van der Waals surface area contributed by atoms with Gasteiger partial charge in [-0.1, -0.05) is 12.1 Å². The highest BCUT2D eigenvalue weighted by molar-refractivity contribution is 7.13. The third-order valence-electron chi connectivity index (χ3n) is 4.67. The van der Waals surface area contributed by atoms with Gasteiger partial charge in [0, 0.05) is 28.1 Å². The lowest BCUT2D eigenvalue weighted by atomic mass is 10.1. The zero-order valence-corrected chi connectivity index (χ0v) is 15.4. The molecule has 136 valence electrons. The summed E-state index contributed by atoms with van der Waals surface area (Å²) >= 11 is 1.59. The molecule has 1 amide bonds. The quantitative estimate of drug-likeness (QED) is 0.721. The highest BCUT2D eigenvalue weighted by Gasteiger charge is 2.29. The Morgan fingerprint density at radius 2 is 1.89 bits per heavy atom. The first kappa shape index (κ1) is 16.3. The van der Waals surface area contributed by atoms with Crippen molar-refractivity contribution in [3.8, 4) is 33.3 Å². The maximum Gasteiger partial charge on any atom is 0.227 e. The van der Waals surface area contributed by atoms with Crippen LogP contribution in [0.1, 0.15) is 12.8 Å². The number of benzene rings is 2. The molecule has 3 aromatic rings. The summed E-state index contributed by atoms with van der Waals surface area (Å²) in [6, 6.07) is 13.8. The Morgan fingerprint density at radius 3 is 2.74 bits per heavy atom. The average Bonchev–Trinajstić information content (AvgIpc) is 3.45. The van der Waals surface area contributed by atoms with Gasteiger partial charge in [-0.15, -0.1) is 11.3 Å². The fourth-order valence-electron chi connectivity index (χ4n) is 3.06. The first-order chi connectivity index (χ1) is 13.3. The molecule has 1 aliphatic heterocycles. The Kier molecular flexibility index (Phi) is 4.05. The first-order valence-electron chi connectivity index (χ1n) is 9.03. The van der Waals surface area contributed by atoms with E-state index in [4.69, 9.17) is 14.5 Å². The van der Waals surface area contributed by atoms with E-state index in [-0.39, 0.29) is 11.8 Å². The second-order valence-electron chi connectivity index (χ2n) is 6.74. The fourth-order valence-corrected chi connectivity index (χ4v) is 3.89.